The fraction of sp³-hybridized carbons (Fsp3) is 0.520. The number of amides is 2. The first-order valence-corrected chi connectivity index (χ1v) is 22.8. The van der Waals surface area contributed by atoms with E-state index in [4.69, 9.17) is 39.9 Å². The van der Waals surface area contributed by atoms with E-state index < -0.39 is 0 Å². The number of carbonyl (C=O) groups is 6. The largest absolute Gasteiger partial charge is 0.496 e. The van der Waals surface area contributed by atoms with E-state index in [-0.39, 0.29) is 83.6 Å². The van der Waals surface area contributed by atoms with Crippen LogP contribution in [0.2, 0.25) is 0 Å². The Bertz CT molecular complexity index is 2080. The van der Waals surface area contributed by atoms with Gasteiger partial charge in [0, 0.05) is 70.1 Å². The number of ketones is 4. The number of Topliss-reactive ketones (excluding diaryl/α,β-unsaturated/α-hetero) is 4. The quantitative estimate of drug-likeness (QED) is 0.0905. The Balaban J connectivity index is 1.18. The molecule has 0 aromatic heterocycles. The molecule has 16 nitrogen and oxygen atoms in total. The molecule has 5 rings (SSSR count). The van der Waals surface area contributed by atoms with Gasteiger partial charge in [-0.2, -0.15) is 0 Å². The molecule has 0 bridgehead atoms. The van der Waals surface area contributed by atoms with E-state index >= 15 is 0 Å². The van der Waals surface area contributed by atoms with Crippen molar-refractivity contribution in [3.63, 3.8) is 0 Å². The van der Waals surface area contributed by atoms with E-state index in [1.54, 1.807) is 46.2 Å². The Morgan fingerprint density at radius 3 is 0.955 bits per heavy atom. The maximum absolute atomic E-state index is 14.1. The van der Waals surface area contributed by atoms with E-state index in [2.05, 4.69) is 0 Å². The van der Waals surface area contributed by atoms with E-state index in [1.165, 1.54) is 42.7 Å². The number of piperidine rings is 2. The summed E-state index contributed by atoms with van der Waals surface area (Å²) in [6.07, 6.45) is 5.90. The minimum absolute atomic E-state index is 0.144. The van der Waals surface area contributed by atoms with Crippen LogP contribution in [0.5, 0.6) is 34.5 Å². The van der Waals surface area contributed by atoms with E-state index in [0.717, 1.165) is 0 Å². The van der Waals surface area contributed by atoms with Gasteiger partial charge in [0.05, 0.1) is 76.0 Å². The highest BCUT2D eigenvalue weighted by molar-refractivity contribution is 6.06. The van der Waals surface area contributed by atoms with Gasteiger partial charge in [-0.05, 0) is 94.5 Å². The lowest BCUT2D eigenvalue weighted by molar-refractivity contribution is 0.0672. The molecule has 2 heterocycles. The fourth-order valence-corrected chi connectivity index (χ4v) is 8.83. The summed E-state index contributed by atoms with van der Waals surface area (Å²) in [7, 11) is 8.81. The van der Waals surface area contributed by atoms with Crippen LogP contribution in [0.4, 0.5) is 0 Å². The third-order valence-electron chi connectivity index (χ3n) is 12.8. The molecule has 358 valence electrons. The number of likely N-dealkylation sites (tertiary alicyclic amines) is 2. The molecule has 2 aliphatic rings. The zero-order valence-corrected chi connectivity index (χ0v) is 39.3. The van der Waals surface area contributed by atoms with E-state index in [1.807, 2.05) is 0 Å². The Morgan fingerprint density at radius 1 is 0.424 bits per heavy atom. The smallest absolute Gasteiger partial charge is 0.257 e. The lowest BCUT2D eigenvalue weighted by atomic mass is 9.89. The van der Waals surface area contributed by atoms with E-state index in [0.29, 0.717) is 147 Å². The van der Waals surface area contributed by atoms with Gasteiger partial charge in [0.25, 0.3) is 11.8 Å². The minimum atomic E-state index is -0.267. The SMILES string of the molecule is COc1cc(OC)c(C(=O)CCC2CCN(C(=O)c3cc(C(=O)N4CCC(CCC(=O)c5cc(C(=O)CCCN)c(OC)cc5OC)CC4)c(OC)cc3OC)CC2)cc1C(=O)CCCN. The molecule has 2 saturated heterocycles. The number of nitrogens with two attached hydrogens (primary N) is 2. The molecule has 4 N–H and O–H groups in total. The number of hydrogen-bond acceptors (Lipinski definition) is 14. The highest BCUT2D eigenvalue weighted by atomic mass is 16.5. The lowest BCUT2D eigenvalue weighted by Crippen LogP contribution is -2.40. The molecule has 2 fully saturated rings. The normalized spacial score (nSPS) is 14.4. The molecular formula is C50H66N4O12. The summed E-state index contributed by atoms with van der Waals surface area (Å²) in [6, 6.07) is 9.41. The maximum atomic E-state index is 14.1. The van der Waals surface area contributed by atoms with Gasteiger partial charge in [-0.15, -0.1) is 0 Å². The zero-order valence-electron chi connectivity index (χ0n) is 39.3. The summed E-state index contributed by atoms with van der Waals surface area (Å²) in [4.78, 5) is 84.6. The zero-order chi connectivity index (χ0) is 47.9. The van der Waals surface area contributed by atoms with Crippen molar-refractivity contribution in [3.8, 4) is 34.5 Å². The monoisotopic (exact) mass is 914 g/mol. The summed E-state index contributed by atoms with van der Waals surface area (Å²) in [6.45, 7) is 2.57. The second-order valence-electron chi connectivity index (χ2n) is 16.8. The second-order valence-corrected chi connectivity index (χ2v) is 16.8. The molecule has 0 saturated carbocycles. The van der Waals surface area contributed by atoms with Crippen LogP contribution in [-0.4, -0.2) is 127 Å². The third-order valence-corrected chi connectivity index (χ3v) is 12.8. The summed E-state index contributed by atoms with van der Waals surface area (Å²) in [5.41, 5.74) is 13.0. The molecule has 66 heavy (non-hydrogen) atoms. The number of carbonyl (C=O) groups excluding carboxylic acids is 6. The Hall–Kier alpha value is -6.00. The van der Waals surface area contributed by atoms with Crippen molar-refractivity contribution >= 4 is 34.9 Å². The first-order valence-electron chi connectivity index (χ1n) is 22.8. The van der Waals surface area contributed by atoms with Crippen LogP contribution >= 0.6 is 0 Å². The van der Waals surface area contributed by atoms with Crippen LogP contribution in [-0.2, 0) is 0 Å². The van der Waals surface area contributed by atoms with Crippen molar-refractivity contribution < 1.29 is 57.2 Å². The highest BCUT2D eigenvalue weighted by Gasteiger charge is 2.32. The molecule has 3 aromatic rings. The second kappa shape index (κ2) is 24.5. The summed E-state index contributed by atoms with van der Waals surface area (Å²) >= 11 is 0. The topological polar surface area (TPSA) is 216 Å². The van der Waals surface area contributed by atoms with Crippen molar-refractivity contribution in [3.05, 3.63) is 69.8 Å². The molecule has 0 spiro atoms. The molecule has 0 aliphatic carbocycles. The average molecular weight is 915 g/mol. The number of nitrogens with zero attached hydrogens (tertiary/aromatic N) is 2. The van der Waals surface area contributed by atoms with Gasteiger partial charge in [0.15, 0.2) is 23.1 Å². The molecule has 0 atom stereocenters. The lowest BCUT2D eigenvalue weighted by Gasteiger charge is -2.33. The Morgan fingerprint density at radius 2 is 0.682 bits per heavy atom. The van der Waals surface area contributed by atoms with Crippen LogP contribution in [0.25, 0.3) is 0 Å². The van der Waals surface area contributed by atoms with Crippen molar-refractivity contribution in [1.29, 1.82) is 0 Å². The standard InChI is InChI=1S/C50H66N4O12/c1-61-43-28-45(63-3)35(25-33(43)39(55)9-7-19-51)41(57)13-11-31-15-21-53(22-16-31)49(59)37-27-38(48(66-6)30-47(37)65-5)50(60)54-23-17-32(18-24-54)12-14-42(58)36-26-34(40(56)10-8-20-52)44(62-2)29-46(36)64-4/h25-32H,7-24,51-52H2,1-6H3. The molecule has 2 amide bonds. The average Bonchev–Trinajstić information content (AvgIpc) is 3.36. The summed E-state index contributed by atoms with van der Waals surface area (Å²) < 4.78 is 33.2. The van der Waals surface area contributed by atoms with Gasteiger partial charge in [0.2, 0.25) is 0 Å². The molecule has 3 aromatic carbocycles. The number of hydrogen-bond donors (Lipinski definition) is 2. The van der Waals surface area contributed by atoms with Crippen LogP contribution in [0.1, 0.15) is 139 Å². The van der Waals surface area contributed by atoms with Crippen LogP contribution in [0.3, 0.4) is 0 Å². The van der Waals surface area contributed by atoms with Crippen molar-refractivity contribution in [2.75, 3.05) is 81.9 Å². The van der Waals surface area contributed by atoms with E-state index in [9.17, 15) is 28.8 Å². The summed E-state index contributed by atoms with van der Waals surface area (Å²) in [5, 5.41) is 0. The molecular weight excluding hydrogens is 849 g/mol. The van der Waals surface area contributed by atoms with Gasteiger partial charge < -0.3 is 49.7 Å². The van der Waals surface area contributed by atoms with Crippen LogP contribution < -0.4 is 39.9 Å². The molecule has 0 radical (unpaired) electrons. The predicted molar refractivity (Wildman–Crippen MR) is 248 cm³/mol. The number of benzene rings is 3. The molecule has 0 unspecified atom stereocenters. The van der Waals surface area contributed by atoms with Gasteiger partial charge >= 0.3 is 0 Å². The summed E-state index contributed by atoms with van der Waals surface area (Å²) in [5.74, 6) is 1.17. The minimum Gasteiger partial charge on any atom is -0.496 e. The van der Waals surface area contributed by atoms with Crippen molar-refractivity contribution in [1.82, 2.24) is 9.80 Å². The third kappa shape index (κ3) is 12.3. The van der Waals surface area contributed by atoms with Gasteiger partial charge in [0.1, 0.15) is 34.5 Å². The van der Waals surface area contributed by atoms with Gasteiger partial charge in [-0.1, -0.05) is 0 Å². The predicted octanol–water partition coefficient (Wildman–Crippen LogP) is 6.61. The van der Waals surface area contributed by atoms with Crippen molar-refractivity contribution in [2.45, 2.75) is 77.0 Å². The maximum Gasteiger partial charge on any atom is 0.257 e. The van der Waals surface area contributed by atoms with Gasteiger partial charge in [-0.3, -0.25) is 28.8 Å². The molecule has 2 aliphatic heterocycles. The number of methoxy groups -OCH3 is 6. The molecule has 16 heteroatoms. The van der Waals surface area contributed by atoms with Gasteiger partial charge in [-0.25, -0.2) is 0 Å². The first kappa shape index (κ1) is 51.0. The highest BCUT2D eigenvalue weighted by Crippen LogP contribution is 2.36. The first-order chi connectivity index (χ1) is 31.9. The fourth-order valence-electron chi connectivity index (χ4n) is 8.83. The number of rotatable bonds is 24. The Labute approximate surface area is 387 Å². The number of ether oxygens (including phenoxy) is 6. The van der Waals surface area contributed by atoms with Crippen molar-refractivity contribution in [2.24, 2.45) is 23.3 Å². The van der Waals surface area contributed by atoms with Crippen LogP contribution in [0, 0.1) is 11.8 Å². The Kier molecular flexibility index (Phi) is 18.9. The van der Waals surface area contributed by atoms with Crippen LogP contribution in [0.15, 0.2) is 36.4 Å².